The Balaban J connectivity index is 2.38. The number of nitriles is 1. The molecule has 0 aliphatic carbocycles. The van der Waals surface area contributed by atoms with Crippen LogP contribution in [0.4, 0.5) is 17.1 Å². The third kappa shape index (κ3) is 2.92. The molecule has 0 spiro atoms. The van der Waals surface area contributed by atoms with Gasteiger partial charge in [-0.05, 0) is 36.4 Å². The molecule has 6 nitrogen and oxygen atoms in total. The maximum Gasteiger partial charge on any atom is 0.289 e. The van der Waals surface area contributed by atoms with Crippen molar-refractivity contribution in [2.45, 2.75) is 0 Å². The third-order valence-electron chi connectivity index (χ3n) is 3.15. The van der Waals surface area contributed by atoms with E-state index in [1.54, 1.807) is 25.1 Å². The van der Waals surface area contributed by atoms with Crippen molar-refractivity contribution in [2.24, 2.45) is 0 Å². The quantitative estimate of drug-likeness (QED) is 0.635. The van der Waals surface area contributed by atoms with Gasteiger partial charge in [-0.3, -0.25) is 10.1 Å². The van der Waals surface area contributed by atoms with E-state index in [1.807, 2.05) is 30.3 Å². The zero-order chi connectivity index (χ0) is 15.4. The lowest BCUT2D eigenvalue weighted by atomic mass is 10.1. The molecule has 106 valence electrons. The fraction of sp³-hybridized carbons (Fsp3) is 0.133. The van der Waals surface area contributed by atoms with Gasteiger partial charge in [-0.1, -0.05) is 0 Å². The van der Waals surface area contributed by atoms with Crippen LogP contribution < -0.4 is 9.64 Å². The number of nitrogens with zero attached hydrogens (tertiary/aromatic N) is 3. The Bertz CT molecular complexity index is 705. The molecule has 0 saturated heterocycles. The number of ether oxygens (including phenoxy) is 1. The van der Waals surface area contributed by atoms with E-state index in [0.29, 0.717) is 5.69 Å². The molecule has 0 saturated carbocycles. The molecular weight excluding hydrogens is 270 g/mol. The molecule has 6 heteroatoms. The van der Waals surface area contributed by atoms with Crippen LogP contribution in [0.1, 0.15) is 5.56 Å². The average Bonchev–Trinajstić information content (AvgIpc) is 2.53. The van der Waals surface area contributed by atoms with Crippen LogP contribution in [0.3, 0.4) is 0 Å². The molecule has 0 aliphatic heterocycles. The maximum atomic E-state index is 11.0. The number of anilines is 2. The molecule has 0 radical (unpaired) electrons. The summed E-state index contributed by atoms with van der Waals surface area (Å²) in [5, 5.41) is 19.9. The summed E-state index contributed by atoms with van der Waals surface area (Å²) >= 11 is 0. The second-order valence-electron chi connectivity index (χ2n) is 4.33. The molecule has 2 aromatic carbocycles. The topological polar surface area (TPSA) is 79.4 Å². The van der Waals surface area contributed by atoms with Crippen LogP contribution in [0.25, 0.3) is 0 Å². The number of hydrogen-bond acceptors (Lipinski definition) is 5. The van der Waals surface area contributed by atoms with Gasteiger partial charge >= 0.3 is 0 Å². The molecule has 0 unspecified atom stereocenters. The van der Waals surface area contributed by atoms with E-state index in [4.69, 9.17) is 10.00 Å². The van der Waals surface area contributed by atoms with Gasteiger partial charge in [0.2, 0.25) is 0 Å². The lowest BCUT2D eigenvalue weighted by molar-refractivity contribution is -0.385. The second kappa shape index (κ2) is 5.92. The number of nitro benzene ring substituents is 1. The molecule has 0 atom stereocenters. The minimum atomic E-state index is -0.552. The van der Waals surface area contributed by atoms with Crippen LogP contribution in [-0.2, 0) is 0 Å². The third-order valence-corrected chi connectivity index (χ3v) is 3.15. The largest absolute Gasteiger partial charge is 0.497 e. The standard InChI is InChI=1S/C15H13N3O3/c1-17(12-5-7-14(21-2)8-6-12)13-4-3-11(10-16)15(9-13)18(19)20/h3-9H,1-2H3. The number of nitro groups is 1. The van der Waals surface area contributed by atoms with Crippen LogP contribution in [0, 0.1) is 21.4 Å². The van der Waals surface area contributed by atoms with Crippen LogP contribution in [0.15, 0.2) is 42.5 Å². The first-order valence-corrected chi connectivity index (χ1v) is 6.13. The second-order valence-corrected chi connectivity index (χ2v) is 4.33. The van der Waals surface area contributed by atoms with E-state index in [0.717, 1.165) is 11.4 Å². The maximum absolute atomic E-state index is 11.0. The smallest absolute Gasteiger partial charge is 0.289 e. The van der Waals surface area contributed by atoms with Crippen molar-refractivity contribution in [1.29, 1.82) is 5.26 Å². The molecule has 0 aliphatic rings. The lowest BCUT2D eigenvalue weighted by Gasteiger charge is -2.19. The van der Waals surface area contributed by atoms with Crippen LogP contribution >= 0.6 is 0 Å². The van der Waals surface area contributed by atoms with Crippen molar-refractivity contribution in [1.82, 2.24) is 0 Å². The van der Waals surface area contributed by atoms with E-state index in [9.17, 15) is 10.1 Å². The minimum Gasteiger partial charge on any atom is -0.497 e. The lowest BCUT2D eigenvalue weighted by Crippen LogP contribution is -2.09. The van der Waals surface area contributed by atoms with Gasteiger partial charge in [0.15, 0.2) is 0 Å². The molecule has 0 amide bonds. The highest BCUT2D eigenvalue weighted by Crippen LogP contribution is 2.29. The van der Waals surface area contributed by atoms with Gasteiger partial charge < -0.3 is 9.64 Å². The van der Waals surface area contributed by atoms with Gasteiger partial charge in [0.1, 0.15) is 17.4 Å². The van der Waals surface area contributed by atoms with Gasteiger partial charge in [0, 0.05) is 24.5 Å². The highest BCUT2D eigenvalue weighted by molar-refractivity contribution is 5.67. The van der Waals surface area contributed by atoms with E-state index in [1.165, 1.54) is 12.1 Å². The summed E-state index contributed by atoms with van der Waals surface area (Å²) in [6.45, 7) is 0. The molecule has 2 rings (SSSR count). The molecule has 21 heavy (non-hydrogen) atoms. The van der Waals surface area contributed by atoms with Crippen molar-refractivity contribution in [3.05, 3.63) is 58.1 Å². The number of benzene rings is 2. The van der Waals surface area contributed by atoms with Crippen molar-refractivity contribution < 1.29 is 9.66 Å². The van der Waals surface area contributed by atoms with Gasteiger partial charge in [-0.15, -0.1) is 0 Å². The molecule has 0 heterocycles. The summed E-state index contributed by atoms with van der Waals surface area (Å²) in [6.07, 6.45) is 0. The summed E-state index contributed by atoms with van der Waals surface area (Å²) in [5.41, 5.74) is 1.34. The number of rotatable bonds is 4. The van der Waals surface area contributed by atoms with Crippen LogP contribution in [-0.4, -0.2) is 19.1 Å². The first kappa shape index (κ1) is 14.3. The van der Waals surface area contributed by atoms with Gasteiger partial charge in [-0.2, -0.15) is 5.26 Å². The first-order chi connectivity index (χ1) is 10.1. The Labute approximate surface area is 122 Å². The van der Waals surface area contributed by atoms with Gasteiger partial charge in [0.05, 0.1) is 12.0 Å². The van der Waals surface area contributed by atoms with E-state index in [2.05, 4.69) is 0 Å². The van der Waals surface area contributed by atoms with Crippen molar-refractivity contribution in [3.63, 3.8) is 0 Å². The van der Waals surface area contributed by atoms with Crippen LogP contribution in [0.5, 0.6) is 5.75 Å². The van der Waals surface area contributed by atoms with Crippen molar-refractivity contribution in [3.8, 4) is 11.8 Å². The fourth-order valence-corrected chi connectivity index (χ4v) is 1.93. The Morgan fingerprint density at radius 1 is 1.19 bits per heavy atom. The predicted molar refractivity (Wildman–Crippen MR) is 78.9 cm³/mol. The Morgan fingerprint density at radius 2 is 1.81 bits per heavy atom. The highest BCUT2D eigenvalue weighted by atomic mass is 16.6. The molecule has 0 fully saturated rings. The zero-order valence-corrected chi connectivity index (χ0v) is 11.6. The molecule has 2 aromatic rings. The predicted octanol–water partition coefficient (Wildman–Crippen LogP) is 3.24. The zero-order valence-electron chi connectivity index (χ0n) is 11.6. The van der Waals surface area contributed by atoms with Crippen LogP contribution in [0.2, 0.25) is 0 Å². The summed E-state index contributed by atoms with van der Waals surface area (Å²) < 4.78 is 5.09. The normalized spacial score (nSPS) is 9.76. The summed E-state index contributed by atoms with van der Waals surface area (Å²) in [6, 6.07) is 13.7. The molecular formula is C15H13N3O3. The highest BCUT2D eigenvalue weighted by Gasteiger charge is 2.16. The average molecular weight is 283 g/mol. The number of hydrogen-bond donors (Lipinski definition) is 0. The number of methoxy groups -OCH3 is 1. The summed E-state index contributed by atoms with van der Waals surface area (Å²) in [7, 11) is 3.38. The molecule has 0 N–H and O–H groups in total. The van der Waals surface area contributed by atoms with E-state index >= 15 is 0 Å². The van der Waals surface area contributed by atoms with E-state index < -0.39 is 4.92 Å². The molecule has 0 aromatic heterocycles. The summed E-state index contributed by atoms with van der Waals surface area (Å²) in [4.78, 5) is 12.2. The van der Waals surface area contributed by atoms with E-state index in [-0.39, 0.29) is 11.3 Å². The van der Waals surface area contributed by atoms with Gasteiger partial charge in [0.25, 0.3) is 5.69 Å². The molecule has 0 bridgehead atoms. The minimum absolute atomic E-state index is 0.0480. The fourth-order valence-electron chi connectivity index (χ4n) is 1.93. The van der Waals surface area contributed by atoms with Gasteiger partial charge in [-0.25, -0.2) is 0 Å². The summed E-state index contributed by atoms with van der Waals surface area (Å²) in [5.74, 6) is 0.734. The van der Waals surface area contributed by atoms with Crippen molar-refractivity contribution >= 4 is 17.1 Å². The Hall–Kier alpha value is -3.07. The van der Waals surface area contributed by atoms with Crippen molar-refractivity contribution in [2.75, 3.05) is 19.1 Å². The Kier molecular flexibility index (Phi) is 4.05. The monoisotopic (exact) mass is 283 g/mol. The first-order valence-electron chi connectivity index (χ1n) is 6.13. The Morgan fingerprint density at radius 3 is 2.33 bits per heavy atom. The SMILES string of the molecule is COc1ccc(N(C)c2ccc(C#N)c([N+](=O)[O-])c2)cc1.